The van der Waals surface area contributed by atoms with Crippen molar-refractivity contribution in [2.24, 2.45) is 5.92 Å². The van der Waals surface area contributed by atoms with Crippen molar-refractivity contribution < 1.29 is 4.79 Å². The lowest BCUT2D eigenvalue weighted by Crippen LogP contribution is -2.41. The first-order chi connectivity index (χ1) is 9.70. The standard InChI is InChI=1S/C16H23N3O/c1-12-4-2-6-14(8-12)18-16(20)11-19-9-13-5-3-7-17-15(13)10-19/h2,4,6,8,13,15,17H,3,5,7,9-11H2,1H3,(H,18,20). The van der Waals surface area contributed by atoms with Crippen molar-refractivity contribution in [1.29, 1.82) is 0 Å². The maximum absolute atomic E-state index is 12.1. The molecule has 2 aliphatic heterocycles. The first-order valence-corrected chi connectivity index (χ1v) is 7.53. The van der Waals surface area contributed by atoms with Crippen molar-refractivity contribution in [1.82, 2.24) is 10.2 Å². The Morgan fingerprint density at radius 3 is 3.15 bits per heavy atom. The predicted octanol–water partition coefficient (Wildman–Crippen LogP) is 1.62. The van der Waals surface area contributed by atoms with E-state index in [1.807, 2.05) is 31.2 Å². The third-order valence-corrected chi connectivity index (χ3v) is 4.34. The average molecular weight is 273 g/mol. The highest BCUT2D eigenvalue weighted by atomic mass is 16.2. The van der Waals surface area contributed by atoms with E-state index in [1.165, 1.54) is 18.4 Å². The van der Waals surface area contributed by atoms with Crippen molar-refractivity contribution in [3.63, 3.8) is 0 Å². The van der Waals surface area contributed by atoms with Crippen molar-refractivity contribution in [3.8, 4) is 0 Å². The molecule has 2 unspecified atom stereocenters. The molecule has 0 bridgehead atoms. The molecule has 0 aromatic heterocycles. The van der Waals surface area contributed by atoms with Gasteiger partial charge in [-0.1, -0.05) is 12.1 Å². The first-order valence-electron chi connectivity index (χ1n) is 7.53. The number of carbonyl (C=O) groups excluding carboxylic acids is 1. The summed E-state index contributed by atoms with van der Waals surface area (Å²) < 4.78 is 0. The second-order valence-corrected chi connectivity index (χ2v) is 6.07. The summed E-state index contributed by atoms with van der Waals surface area (Å²) in [5, 5.41) is 6.56. The lowest BCUT2D eigenvalue weighted by Gasteiger charge is -2.24. The minimum atomic E-state index is 0.0919. The number of nitrogens with one attached hydrogen (secondary N) is 2. The van der Waals surface area contributed by atoms with Gasteiger partial charge in [0.15, 0.2) is 0 Å². The fraction of sp³-hybridized carbons (Fsp3) is 0.562. The van der Waals surface area contributed by atoms with Crippen LogP contribution in [0.3, 0.4) is 0 Å². The predicted molar refractivity (Wildman–Crippen MR) is 80.8 cm³/mol. The zero-order valence-electron chi connectivity index (χ0n) is 12.1. The van der Waals surface area contributed by atoms with Gasteiger partial charge in [-0.3, -0.25) is 9.69 Å². The largest absolute Gasteiger partial charge is 0.325 e. The van der Waals surface area contributed by atoms with Crippen LogP contribution in [0.2, 0.25) is 0 Å². The molecule has 2 saturated heterocycles. The molecule has 1 amide bonds. The van der Waals surface area contributed by atoms with Crippen LogP contribution >= 0.6 is 0 Å². The summed E-state index contributed by atoms with van der Waals surface area (Å²) in [5.74, 6) is 0.824. The van der Waals surface area contributed by atoms with Gasteiger partial charge in [0, 0.05) is 24.8 Å². The Morgan fingerprint density at radius 1 is 1.45 bits per heavy atom. The fourth-order valence-corrected chi connectivity index (χ4v) is 3.39. The van der Waals surface area contributed by atoms with E-state index in [2.05, 4.69) is 15.5 Å². The second-order valence-electron chi connectivity index (χ2n) is 6.07. The van der Waals surface area contributed by atoms with Gasteiger partial charge in [-0.05, 0) is 49.9 Å². The maximum Gasteiger partial charge on any atom is 0.238 e. The van der Waals surface area contributed by atoms with Gasteiger partial charge in [-0.15, -0.1) is 0 Å². The summed E-state index contributed by atoms with van der Waals surface area (Å²) in [6.45, 7) is 5.73. The number of fused-ring (bicyclic) bond motifs is 1. The van der Waals surface area contributed by atoms with Crippen LogP contribution in [0.15, 0.2) is 24.3 Å². The molecule has 2 heterocycles. The van der Waals surface area contributed by atoms with Gasteiger partial charge in [-0.2, -0.15) is 0 Å². The Hall–Kier alpha value is -1.39. The zero-order valence-corrected chi connectivity index (χ0v) is 12.1. The van der Waals surface area contributed by atoms with Crippen LogP contribution in [0.25, 0.3) is 0 Å². The molecule has 108 valence electrons. The lowest BCUT2D eigenvalue weighted by atomic mass is 9.94. The summed E-state index contributed by atoms with van der Waals surface area (Å²) in [6.07, 6.45) is 2.57. The molecule has 3 rings (SSSR count). The minimum absolute atomic E-state index is 0.0919. The maximum atomic E-state index is 12.1. The Bertz CT molecular complexity index is 474. The van der Waals surface area contributed by atoms with Crippen LogP contribution < -0.4 is 10.6 Å². The van der Waals surface area contributed by atoms with E-state index >= 15 is 0 Å². The summed E-state index contributed by atoms with van der Waals surface area (Å²) in [6, 6.07) is 8.54. The van der Waals surface area contributed by atoms with Gasteiger partial charge in [-0.25, -0.2) is 0 Å². The first kappa shape index (κ1) is 13.6. The lowest BCUT2D eigenvalue weighted by molar-refractivity contribution is -0.117. The third kappa shape index (κ3) is 3.19. The summed E-state index contributed by atoms with van der Waals surface area (Å²) >= 11 is 0. The molecule has 1 aromatic rings. The zero-order chi connectivity index (χ0) is 13.9. The van der Waals surface area contributed by atoms with Gasteiger partial charge in [0.2, 0.25) is 5.91 Å². The van der Waals surface area contributed by atoms with E-state index in [4.69, 9.17) is 0 Å². The highest BCUT2D eigenvalue weighted by molar-refractivity contribution is 5.92. The summed E-state index contributed by atoms with van der Waals surface area (Å²) in [7, 11) is 0. The Labute approximate surface area is 120 Å². The van der Waals surface area contributed by atoms with Crippen LogP contribution in [0.1, 0.15) is 18.4 Å². The van der Waals surface area contributed by atoms with E-state index in [0.717, 1.165) is 31.2 Å². The molecule has 4 heteroatoms. The molecule has 2 N–H and O–H groups in total. The number of hydrogen-bond donors (Lipinski definition) is 2. The number of likely N-dealkylation sites (tertiary alicyclic amines) is 1. The van der Waals surface area contributed by atoms with Gasteiger partial charge < -0.3 is 10.6 Å². The number of aryl methyl sites for hydroxylation is 1. The summed E-state index contributed by atoms with van der Waals surface area (Å²) in [4.78, 5) is 14.4. The number of nitrogens with zero attached hydrogens (tertiary/aromatic N) is 1. The van der Waals surface area contributed by atoms with Crippen molar-refractivity contribution in [3.05, 3.63) is 29.8 Å². The van der Waals surface area contributed by atoms with E-state index in [0.29, 0.717) is 12.6 Å². The average Bonchev–Trinajstić information content (AvgIpc) is 2.80. The van der Waals surface area contributed by atoms with Crippen LogP contribution in [-0.4, -0.2) is 43.0 Å². The van der Waals surface area contributed by atoms with E-state index in [-0.39, 0.29) is 5.91 Å². The number of piperidine rings is 1. The van der Waals surface area contributed by atoms with E-state index < -0.39 is 0 Å². The normalized spacial score (nSPS) is 26.2. The van der Waals surface area contributed by atoms with Crippen molar-refractivity contribution in [2.75, 3.05) is 31.5 Å². The molecular weight excluding hydrogens is 250 g/mol. The van der Waals surface area contributed by atoms with Crippen LogP contribution in [0, 0.1) is 12.8 Å². The molecule has 4 nitrogen and oxygen atoms in total. The fourth-order valence-electron chi connectivity index (χ4n) is 3.39. The quantitative estimate of drug-likeness (QED) is 0.879. The molecule has 20 heavy (non-hydrogen) atoms. The Balaban J connectivity index is 1.52. The minimum Gasteiger partial charge on any atom is -0.325 e. The van der Waals surface area contributed by atoms with Crippen molar-refractivity contribution in [2.45, 2.75) is 25.8 Å². The molecule has 2 aliphatic rings. The highest BCUT2D eigenvalue weighted by Gasteiger charge is 2.34. The monoisotopic (exact) mass is 273 g/mol. The van der Waals surface area contributed by atoms with Gasteiger partial charge in [0.1, 0.15) is 0 Å². The molecule has 0 aliphatic carbocycles. The second kappa shape index (κ2) is 5.94. The molecule has 2 fully saturated rings. The molecule has 0 spiro atoms. The SMILES string of the molecule is Cc1cccc(NC(=O)CN2CC3CCCNC3C2)c1. The number of carbonyl (C=O) groups is 1. The van der Waals surface area contributed by atoms with Crippen LogP contribution in [0.5, 0.6) is 0 Å². The van der Waals surface area contributed by atoms with Crippen molar-refractivity contribution >= 4 is 11.6 Å². The Kier molecular flexibility index (Phi) is 4.03. The summed E-state index contributed by atoms with van der Waals surface area (Å²) in [5.41, 5.74) is 2.06. The highest BCUT2D eigenvalue weighted by Crippen LogP contribution is 2.24. The van der Waals surface area contributed by atoms with E-state index in [1.54, 1.807) is 0 Å². The number of anilines is 1. The Morgan fingerprint density at radius 2 is 2.35 bits per heavy atom. The van der Waals surface area contributed by atoms with Gasteiger partial charge >= 0.3 is 0 Å². The number of rotatable bonds is 3. The van der Waals surface area contributed by atoms with E-state index in [9.17, 15) is 4.79 Å². The third-order valence-electron chi connectivity index (χ3n) is 4.34. The molecule has 0 radical (unpaired) electrons. The molecule has 2 atom stereocenters. The van der Waals surface area contributed by atoms with Gasteiger partial charge in [0.05, 0.1) is 6.54 Å². The number of hydrogen-bond acceptors (Lipinski definition) is 3. The van der Waals surface area contributed by atoms with Crippen LogP contribution in [-0.2, 0) is 4.79 Å². The van der Waals surface area contributed by atoms with Gasteiger partial charge in [0.25, 0.3) is 0 Å². The topological polar surface area (TPSA) is 44.4 Å². The molecule has 0 saturated carbocycles. The molecule has 1 aromatic carbocycles. The molecular formula is C16H23N3O. The number of benzene rings is 1. The smallest absolute Gasteiger partial charge is 0.238 e. The van der Waals surface area contributed by atoms with Crippen LogP contribution in [0.4, 0.5) is 5.69 Å². The number of amides is 1.